The number of hydrogen-bond acceptors (Lipinski definition) is 2. The number of rotatable bonds is 6. The van der Waals surface area contributed by atoms with Crippen LogP contribution in [0.3, 0.4) is 0 Å². The highest BCUT2D eigenvalue weighted by Gasteiger charge is 2.12. The van der Waals surface area contributed by atoms with Crippen LogP contribution >= 0.6 is 0 Å². The predicted octanol–water partition coefficient (Wildman–Crippen LogP) is 4.76. The fraction of sp³-hybridized carbons (Fsp3) is 0.667. The number of nitrogens with one attached hydrogen (secondary N) is 1. The molecule has 0 spiro atoms. The molecule has 1 atom stereocenters. The molecule has 114 valence electrons. The van der Waals surface area contributed by atoms with Crippen molar-refractivity contribution in [2.75, 3.05) is 0 Å². The van der Waals surface area contributed by atoms with Gasteiger partial charge in [-0.2, -0.15) is 0 Å². The van der Waals surface area contributed by atoms with Crippen LogP contribution in [0.15, 0.2) is 12.1 Å². The molecule has 0 fully saturated rings. The third-order valence-corrected chi connectivity index (χ3v) is 3.36. The maximum absolute atomic E-state index is 6.10. The van der Waals surface area contributed by atoms with Gasteiger partial charge in [0.05, 0.1) is 6.10 Å². The van der Waals surface area contributed by atoms with Gasteiger partial charge in [-0.25, -0.2) is 0 Å². The molecule has 0 saturated carbocycles. The Kier molecular flexibility index (Phi) is 6.07. The summed E-state index contributed by atoms with van der Waals surface area (Å²) < 4.78 is 6.10. The maximum atomic E-state index is 6.10. The molecule has 0 amide bonds. The van der Waals surface area contributed by atoms with Crippen molar-refractivity contribution in [3.8, 4) is 5.75 Å². The number of hydrogen-bond donors (Lipinski definition) is 1. The van der Waals surface area contributed by atoms with Gasteiger partial charge in [0.15, 0.2) is 0 Å². The summed E-state index contributed by atoms with van der Waals surface area (Å²) in [6, 6.07) is 4.47. The molecule has 0 aliphatic rings. The van der Waals surface area contributed by atoms with Crippen LogP contribution in [-0.4, -0.2) is 11.6 Å². The van der Waals surface area contributed by atoms with Crippen molar-refractivity contribution in [2.24, 2.45) is 0 Å². The standard InChI is InChI=1S/C18H31NO/c1-8-9-15(4)20-17-13(2)10-16(11-14(17)3)12-19-18(5,6)7/h10-11,15,19H,8-9,12H2,1-7H3. The van der Waals surface area contributed by atoms with E-state index in [-0.39, 0.29) is 11.6 Å². The molecule has 1 unspecified atom stereocenters. The van der Waals surface area contributed by atoms with E-state index in [1.54, 1.807) is 0 Å². The Labute approximate surface area is 124 Å². The van der Waals surface area contributed by atoms with Crippen LogP contribution in [0.4, 0.5) is 0 Å². The summed E-state index contributed by atoms with van der Waals surface area (Å²) in [5.74, 6) is 1.06. The van der Waals surface area contributed by atoms with Gasteiger partial charge in [-0.3, -0.25) is 0 Å². The first-order chi connectivity index (χ1) is 9.23. The largest absolute Gasteiger partial charge is 0.490 e. The van der Waals surface area contributed by atoms with E-state index in [9.17, 15) is 0 Å². The van der Waals surface area contributed by atoms with Crippen LogP contribution in [0.25, 0.3) is 0 Å². The van der Waals surface area contributed by atoms with Gasteiger partial charge in [-0.15, -0.1) is 0 Å². The summed E-state index contributed by atoms with van der Waals surface area (Å²) in [6.45, 7) is 16.1. The lowest BCUT2D eigenvalue weighted by atomic mass is 10.0. The van der Waals surface area contributed by atoms with Crippen LogP contribution < -0.4 is 10.1 Å². The molecular formula is C18H31NO. The molecule has 2 heteroatoms. The van der Waals surface area contributed by atoms with Crippen LogP contribution in [0, 0.1) is 13.8 Å². The smallest absolute Gasteiger partial charge is 0.125 e. The molecule has 1 aromatic rings. The molecule has 1 rings (SSSR count). The second-order valence-corrected chi connectivity index (χ2v) is 6.88. The first-order valence-electron chi connectivity index (χ1n) is 7.74. The Morgan fingerprint density at radius 1 is 1.15 bits per heavy atom. The van der Waals surface area contributed by atoms with E-state index in [2.05, 4.69) is 65.9 Å². The van der Waals surface area contributed by atoms with Crippen molar-refractivity contribution >= 4 is 0 Å². The lowest BCUT2D eigenvalue weighted by Crippen LogP contribution is -2.35. The molecular weight excluding hydrogens is 246 g/mol. The van der Waals surface area contributed by atoms with E-state index in [0.29, 0.717) is 0 Å². The van der Waals surface area contributed by atoms with Crippen LogP contribution in [0.2, 0.25) is 0 Å². The van der Waals surface area contributed by atoms with Gasteiger partial charge in [0.2, 0.25) is 0 Å². The highest BCUT2D eigenvalue weighted by Crippen LogP contribution is 2.26. The molecule has 0 radical (unpaired) electrons. The molecule has 2 nitrogen and oxygen atoms in total. The number of aryl methyl sites for hydroxylation is 2. The van der Waals surface area contributed by atoms with Crippen molar-refractivity contribution in [3.05, 3.63) is 28.8 Å². The SMILES string of the molecule is CCCC(C)Oc1c(C)cc(CNC(C)(C)C)cc1C. The fourth-order valence-corrected chi connectivity index (χ4v) is 2.36. The van der Waals surface area contributed by atoms with Gasteiger partial charge in [0.1, 0.15) is 5.75 Å². The quantitative estimate of drug-likeness (QED) is 0.809. The van der Waals surface area contributed by atoms with E-state index < -0.39 is 0 Å². The summed E-state index contributed by atoms with van der Waals surface area (Å²) in [5.41, 5.74) is 3.94. The van der Waals surface area contributed by atoms with Crippen molar-refractivity contribution < 1.29 is 4.74 Å². The normalized spacial score (nSPS) is 13.3. The van der Waals surface area contributed by atoms with Crippen LogP contribution in [0.1, 0.15) is 64.2 Å². The summed E-state index contributed by atoms with van der Waals surface area (Å²) in [7, 11) is 0. The van der Waals surface area contributed by atoms with Gasteiger partial charge in [-0.1, -0.05) is 25.5 Å². The minimum Gasteiger partial charge on any atom is -0.490 e. The lowest BCUT2D eigenvalue weighted by molar-refractivity contribution is 0.207. The molecule has 1 N–H and O–H groups in total. The van der Waals surface area contributed by atoms with E-state index in [4.69, 9.17) is 4.74 Å². The van der Waals surface area contributed by atoms with Crippen molar-refractivity contribution in [1.82, 2.24) is 5.32 Å². The zero-order chi connectivity index (χ0) is 15.3. The number of ether oxygens (including phenoxy) is 1. The zero-order valence-electron chi connectivity index (χ0n) is 14.3. The molecule has 20 heavy (non-hydrogen) atoms. The molecule has 0 aliphatic heterocycles. The van der Waals surface area contributed by atoms with Gasteiger partial charge < -0.3 is 10.1 Å². The Bertz CT molecular complexity index is 409. The summed E-state index contributed by atoms with van der Waals surface area (Å²) in [4.78, 5) is 0. The third kappa shape index (κ3) is 5.54. The molecule has 0 aromatic heterocycles. The average molecular weight is 277 g/mol. The highest BCUT2D eigenvalue weighted by atomic mass is 16.5. The molecule has 0 bridgehead atoms. The van der Waals surface area contributed by atoms with Crippen molar-refractivity contribution in [3.63, 3.8) is 0 Å². The zero-order valence-corrected chi connectivity index (χ0v) is 14.3. The molecule has 0 saturated heterocycles. The maximum Gasteiger partial charge on any atom is 0.125 e. The number of benzene rings is 1. The highest BCUT2D eigenvalue weighted by molar-refractivity contribution is 5.43. The van der Waals surface area contributed by atoms with Gasteiger partial charge in [-0.05, 0) is 64.7 Å². The van der Waals surface area contributed by atoms with Crippen LogP contribution in [0.5, 0.6) is 5.75 Å². The topological polar surface area (TPSA) is 21.3 Å². The summed E-state index contributed by atoms with van der Waals surface area (Å²) in [5, 5.41) is 3.53. The van der Waals surface area contributed by atoms with E-state index in [1.165, 1.54) is 16.7 Å². The second kappa shape index (κ2) is 7.12. The third-order valence-electron chi connectivity index (χ3n) is 3.36. The minimum absolute atomic E-state index is 0.145. The van der Waals surface area contributed by atoms with E-state index >= 15 is 0 Å². The first-order valence-corrected chi connectivity index (χ1v) is 7.74. The Balaban J connectivity index is 2.81. The Morgan fingerprint density at radius 2 is 1.70 bits per heavy atom. The van der Waals surface area contributed by atoms with Crippen LogP contribution in [-0.2, 0) is 6.54 Å². The second-order valence-electron chi connectivity index (χ2n) is 6.88. The monoisotopic (exact) mass is 277 g/mol. The summed E-state index contributed by atoms with van der Waals surface area (Å²) in [6.07, 6.45) is 2.55. The lowest BCUT2D eigenvalue weighted by Gasteiger charge is -2.22. The first kappa shape index (κ1) is 17.0. The fourth-order valence-electron chi connectivity index (χ4n) is 2.36. The minimum atomic E-state index is 0.145. The molecule has 0 heterocycles. The van der Waals surface area contributed by atoms with Gasteiger partial charge >= 0.3 is 0 Å². The van der Waals surface area contributed by atoms with Crippen molar-refractivity contribution in [2.45, 2.75) is 79.5 Å². The molecule has 0 aliphatic carbocycles. The van der Waals surface area contributed by atoms with Crippen molar-refractivity contribution in [1.29, 1.82) is 0 Å². The van der Waals surface area contributed by atoms with E-state index in [1.807, 2.05) is 0 Å². The Hall–Kier alpha value is -1.02. The Morgan fingerprint density at radius 3 is 2.15 bits per heavy atom. The molecule has 1 aromatic carbocycles. The van der Waals surface area contributed by atoms with E-state index in [0.717, 1.165) is 25.1 Å². The average Bonchev–Trinajstić information content (AvgIpc) is 2.31. The van der Waals surface area contributed by atoms with Gasteiger partial charge in [0.25, 0.3) is 0 Å². The predicted molar refractivity (Wildman–Crippen MR) is 87.5 cm³/mol. The van der Waals surface area contributed by atoms with Gasteiger partial charge in [0, 0.05) is 12.1 Å². The summed E-state index contributed by atoms with van der Waals surface area (Å²) >= 11 is 0.